The molecule has 0 unspecified atom stereocenters. The number of aryl methyl sites for hydroxylation is 4. The van der Waals surface area contributed by atoms with E-state index in [0.29, 0.717) is 81.2 Å². The lowest BCUT2D eigenvalue weighted by Crippen LogP contribution is -2.49. The molecule has 6 aromatic rings. The van der Waals surface area contributed by atoms with Crippen LogP contribution in [0.4, 0.5) is 22.7 Å². The second kappa shape index (κ2) is 25.2. The molecule has 6 aromatic carbocycles. The molecule has 0 aliphatic carbocycles. The van der Waals surface area contributed by atoms with Crippen LogP contribution in [-0.4, -0.2) is 174 Å². The van der Waals surface area contributed by atoms with E-state index < -0.39 is 0 Å². The zero-order valence-corrected chi connectivity index (χ0v) is 49.2. The van der Waals surface area contributed by atoms with E-state index in [1.807, 2.05) is 109 Å². The highest BCUT2D eigenvalue weighted by atomic mass is 16.2. The van der Waals surface area contributed by atoms with E-state index in [-0.39, 0.29) is 23.6 Å². The van der Waals surface area contributed by atoms with Crippen molar-refractivity contribution >= 4 is 46.4 Å². The van der Waals surface area contributed by atoms with E-state index in [2.05, 4.69) is 85.0 Å². The average Bonchev–Trinajstić information content (AvgIpc) is 3.62. The van der Waals surface area contributed by atoms with Gasteiger partial charge in [0.05, 0.1) is 33.6 Å². The molecule has 4 saturated heterocycles. The van der Waals surface area contributed by atoms with Crippen molar-refractivity contribution in [1.29, 1.82) is 10.5 Å². The lowest BCUT2D eigenvalue weighted by Gasteiger charge is -2.38. The first-order chi connectivity index (χ1) is 40.1. The number of nitriles is 2. The molecule has 4 fully saturated rings. The number of benzene rings is 6. The van der Waals surface area contributed by atoms with Crippen molar-refractivity contribution in [1.82, 2.24) is 29.8 Å². The highest BCUT2D eigenvalue weighted by Gasteiger charge is 2.30. The van der Waals surface area contributed by atoms with Crippen LogP contribution in [0.5, 0.6) is 0 Å². The van der Waals surface area contributed by atoms with E-state index in [9.17, 15) is 29.7 Å². The van der Waals surface area contributed by atoms with Crippen LogP contribution in [0, 0.1) is 50.4 Å². The smallest absolute Gasteiger partial charge is 0.255 e. The summed E-state index contributed by atoms with van der Waals surface area (Å²) in [4.78, 5) is 74.2. The summed E-state index contributed by atoms with van der Waals surface area (Å²) in [7, 11) is 5.16. The zero-order valence-electron chi connectivity index (χ0n) is 49.2. The number of hydrogen-bond acceptors (Lipinski definition) is 12. The van der Waals surface area contributed by atoms with E-state index in [4.69, 9.17) is 0 Å². The Morgan fingerprint density at radius 1 is 0.446 bits per heavy atom. The third kappa shape index (κ3) is 12.4. The molecule has 0 bridgehead atoms. The fourth-order valence-corrected chi connectivity index (χ4v) is 12.4. The Balaban J connectivity index is 0.752. The number of carbonyl (C=O) groups is 4. The van der Waals surface area contributed by atoms with Gasteiger partial charge in [-0.3, -0.25) is 29.0 Å². The highest BCUT2D eigenvalue weighted by molar-refractivity contribution is 6.02. The number of nitrogens with one attached hydrogen (secondary N) is 1. The second-order valence-corrected chi connectivity index (χ2v) is 22.8. The number of piperazine rings is 4. The number of anilines is 4. The molecule has 1 N–H and O–H groups in total. The predicted molar refractivity (Wildman–Crippen MR) is 329 cm³/mol. The van der Waals surface area contributed by atoms with Crippen molar-refractivity contribution < 1.29 is 19.2 Å². The van der Waals surface area contributed by atoms with Gasteiger partial charge in [-0.25, -0.2) is 0 Å². The Labute approximate surface area is 489 Å². The molecule has 4 aliphatic rings. The van der Waals surface area contributed by atoms with Gasteiger partial charge in [-0.05, 0) is 133 Å². The highest BCUT2D eigenvalue weighted by Crippen LogP contribution is 2.34. The molecular formula is C67H76N12O4. The average molecular weight is 1110 g/mol. The molecule has 10 rings (SSSR count). The minimum atomic E-state index is -0.124. The molecule has 16 nitrogen and oxygen atoms in total. The van der Waals surface area contributed by atoms with Crippen molar-refractivity contribution in [3.63, 3.8) is 0 Å². The van der Waals surface area contributed by atoms with Crippen LogP contribution in [0.3, 0.4) is 0 Å². The molecule has 4 heterocycles. The van der Waals surface area contributed by atoms with Crippen LogP contribution < -0.4 is 24.9 Å². The van der Waals surface area contributed by atoms with Gasteiger partial charge in [0.1, 0.15) is 12.1 Å². The van der Waals surface area contributed by atoms with Gasteiger partial charge in [-0.15, -0.1) is 0 Å². The number of amides is 4. The topological polar surface area (TPSA) is 157 Å². The Bertz CT molecular complexity index is 3510. The number of nitrogens with zero attached hydrogens (tertiary/aromatic N) is 11. The summed E-state index contributed by atoms with van der Waals surface area (Å²) in [5, 5.41) is 23.0. The Kier molecular flexibility index (Phi) is 17.5. The first-order valence-electron chi connectivity index (χ1n) is 29.1. The van der Waals surface area contributed by atoms with Crippen LogP contribution in [-0.2, 0) is 13.1 Å². The van der Waals surface area contributed by atoms with E-state index in [0.717, 1.165) is 132 Å². The number of carbonyl (C=O) groups excluding carboxylic acids is 4. The summed E-state index contributed by atoms with van der Waals surface area (Å²) in [5.74, 6) is -0.190. The van der Waals surface area contributed by atoms with Crippen LogP contribution >= 0.6 is 0 Å². The fraction of sp³-hybridized carbons (Fsp3) is 0.373. The largest absolute Gasteiger partial charge is 0.368 e. The van der Waals surface area contributed by atoms with E-state index >= 15 is 0 Å². The third-order valence-electron chi connectivity index (χ3n) is 17.3. The minimum Gasteiger partial charge on any atom is -0.368 e. The maximum Gasteiger partial charge on any atom is 0.255 e. The maximum absolute atomic E-state index is 14.3. The van der Waals surface area contributed by atoms with E-state index in [1.54, 1.807) is 26.0 Å². The molecule has 0 spiro atoms. The van der Waals surface area contributed by atoms with Crippen molar-refractivity contribution in [2.75, 3.05) is 145 Å². The molecule has 4 amide bonds. The monoisotopic (exact) mass is 1110 g/mol. The molecule has 428 valence electrons. The Morgan fingerprint density at radius 3 is 1.34 bits per heavy atom. The molecule has 0 atom stereocenters. The first-order valence-corrected chi connectivity index (χ1v) is 29.1. The Morgan fingerprint density at radius 2 is 0.855 bits per heavy atom. The summed E-state index contributed by atoms with van der Waals surface area (Å²) in [5.41, 5.74) is 15.7. The Hall–Kier alpha value is -8.70. The minimum absolute atomic E-state index is 0.0210. The third-order valence-corrected chi connectivity index (χ3v) is 17.3. The molecule has 0 saturated carbocycles. The normalized spacial score (nSPS) is 16.1. The van der Waals surface area contributed by atoms with Gasteiger partial charge in [0.25, 0.3) is 23.6 Å². The lowest BCUT2D eigenvalue weighted by molar-refractivity contribution is 0.0738. The van der Waals surface area contributed by atoms with Crippen molar-refractivity contribution in [2.45, 2.75) is 40.8 Å². The summed E-state index contributed by atoms with van der Waals surface area (Å²) in [6.07, 6.45) is 0. The van der Waals surface area contributed by atoms with Gasteiger partial charge in [-0.1, -0.05) is 48.5 Å². The summed E-state index contributed by atoms with van der Waals surface area (Å²) >= 11 is 0. The summed E-state index contributed by atoms with van der Waals surface area (Å²) in [6.45, 7) is 20.7. The van der Waals surface area contributed by atoms with Gasteiger partial charge in [0, 0.05) is 161 Å². The van der Waals surface area contributed by atoms with Crippen molar-refractivity contribution in [2.24, 2.45) is 0 Å². The SMILES string of the molecule is CNC(=O)c1ccccc1N1CCN(C(=O)c2cc(CN3CCN(c4ccc(-c5ccc(N6CCN(C(=O)c7cc(CN8CCN(c9ccccc9C#N)CC8)c(C)cc7C)CC6)c(C(=O)N(C)C)c5)cc4C#N)CC3)c(C)cc2C)CC1. The van der Waals surface area contributed by atoms with Crippen LogP contribution in [0.2, 0.25) is 0 Å². The standard InChI is InChI=1S/C67H76N12O4/c1-46-36-49(4)58(40-54(46)44-72-20-24-74(25-21-72)60-14-10-8-12-52(60)42-68)67(83)79-34-30-77(31-35-79)63-19-17-51(39-59(63)65(81)71(6)7)50-16-18-61(53(38-50)43-69)75-26-22-73(23-27-75)45-55-41-57(48(3)37-47(55)2)66(82)78-32-28-76(29-33-78)62-15-11-9-13-56(62)64(80)70-5/h8-19,36-41H,20-35,44-45H2,1-7H3,(H,70,80). The van der Waals surface area contributed by atoms with Gasteiger partial charge < -0.3 is 39.6 Å². The second-order valence-electron chi connectivity index (χ2n) is 22.8. The summed E-state index contributed by atoms with van der Waals surface area (Å²) in [6, 6.07) is 40.6. The fourth-order valence-electron chi connectivity index (χ4n) is 12.4. The van der Waals surface area contributed by atoms with Gasteiger partial charge in [0.15, 0.2) is 0 Å². The van der Waals surface area contributed by atoms with Gasteiger partial charge >= 0.3 is 0 Å². The van der Waals surface area contributed by atoms with E-state index in [1.165, 1.54) is 5.56 Å². The molecule has 16 heteroatoms. The molecule has 0 aromatic heterocycles. The number of rotatable bonds is 13. The lowest BCUT2D eigenvalue weighted by atomic mass is 9.97. The van der Waals surface area contributed by atoms with Crippen molar-refractivity contribution in [3.05, 3.63) is 176 Å². The van der Waals surface area contributed by atoms with Crippen LogP contribution in [0.25, 0.3) is 11.1 Å². The zero-order chi connectivity index (χ0) is 58.5. The van der Waals surface area contributed by atoms with Crippen LogP contribution in [0.1, 0.15) is 85.9 Å². The summed E-state index contributed by atoms with van der Waals surface area (Å²) < 4.78 is 0. The first kappa shape index (κ1) is 57.5. The molecule has 4 aliphatic heterocycles. The van der Waals surface area contributed by atoms with Crippen LogP contribution in [0.15, 0.2) is 109 Å². The van der Waals surface area contributed by atoms with Gasteiger partial charge in [0.2, 0.25) is 0 Å². The number of para-hydroxylation sites is 2. The quantitative estimate of drug-likeness (QED) is 0.119. The van der Waals surface area contributed by atoms with Crippen molar-refractivity contribution in [3.8, 4) is 23.3 Å². The maximum atomic E-state index is 14.3. The molecular weight excluding hydrogens is 1040 g/mol. The van der Waals surface area contributed by atoms with Gasteiger partial charge in [-0.2, -0.15) is 10.5 Å². The molecule has 0 radical (unpaired) electrons. The number of hydrogen-bond donors (Lipinski definition) is 1. The predicted octanol–water partition coefficient (Wildman–Crippen LogP) is 7.96. The molecule has 83 heavy (non-hydrogen) atoms.